The largest absolute Gasteiger partial charge is 0.356 e. The fourth-order valence-electron chi connectivity index (χ4n) is 3.48. The quantitative estimate of drug-likeness (QED) is 0.633. The minimum absolute atomic E-state index is 0.0702. The molecule has 2 fully saturated rings. The summed E-state index contributed by atoms with van der Waals surface area (Å²) in [6.07, 6.45) is 6.42. The van der Waals surface area contributed by atoms with Gasteiger partial charge >= 0.3 is 0 Å². The van der Waals surface area contributed by atoms with Crippen LogP contribution in [0.3, 0.4) is 0 Å². The smallest absolute Gasteiger partial charge is 0.290 e. The third-order valence-corrected chi connectivity index (χ3v) is 4.89. The zero-order valence-corrected chi connectivity index (χ0v) is 13.6. The third kappa shape index (κ3) is 2.72. The number of aromatic nitrogens is 4. The van der Waals surface area contributed by atoms with E-state index in [0.717, 1.165) is 37.6 Å². The van der Waals surface area contributed by atoms with E-state index in [2.05, 4.69) is 24.6 Å². The molecule has 0 aromatic carbocycles. The van der Waals surface area contributed by atoms with Crippen LogP contribution in [0, 0.1) is 17.0 Å². The summed E-state index contributed by atoms with van der Waals surface area (Å²) in [4.78, 5) is 17.2. The van der Waals surface area contributed by atoms with Crippen LogP contribution < -0.4 is 4.90 Å². The van der Waals surface area contributed by atoms with Crippen molar-refractivity contribution in [3.63, 3.8) is 0 Å². The molecule has 3 heterocycles. The molecule has 2 aromatic rings. The third-order valence-electron chi connectivity index (χ3n) is 4.89. The molecule has 1 aliphatic carbocycles. The number of hydrogen-bond donors (Lipinski definition) is 0. The molecule has 0 amide bonds. The summed E-state index contributed by atoms with van der Waals surface area (Å²) in [5.41, 5.74) is 0.529. The van der Waals surface area contributed by atoms with Gasteiger partial charge in [-0.05, 0) is 38.7 Å². The minimum Gasteiger partial charge on any atom is -0.356 e. The molecule has 1 atom stereocenters. The molecule has 1 saturated heterocycles. The predicted octanol–water partition coefficient (Wildman–Crippen LogP) is 2.61. The molecule has 4 rings (SSSR count). The summed E-state index contributed by atoms with van der Waals surface area (Å²) in [6.45, 7) is 3.43. The van der Waals surface area contributed by atoms with Gasteiger partial charge < -0.3 is 9.47 Å². The number of hydrogen-bond acceptors (Lipinski definition) is 6. The van der Waals surface area contributed by atoms with Crippen LogP contribution in [0.1, 0.15) is 49.2 Å². The Bertz CT molecular complexity index is 770. The van der Waals surface area contributed by atoms with Crippen LogP contribution in [0.4, 0.5) is 11.5 Å². The van der Waals surface area contributed by atoms with E-state index >= 15 is 0 Å². The summed E-state index contributed by atoms with van der Waals surface area (Å²) in [7, 11) is 0. The highest BCUT2D eigenvalue weighted by Gasteiger charge is 2.31. The van der Waals surface area contributed by atoms with E-state index < -0.39 is 0 Å². The molecule has 2 aliphatic rings. The Balaban J connectivity index is 1.55. The van der Waals surface area contributed by atoms with Gasteiger partial charge in [0.25, 0.3) is 5.69 Å². The lowest BCUT2D eigenvalue weighted by Crippen LogP contribution is -2.36. The topological polar surface area (TPSA) is 90.0 Å². The van der Waals surface area contributed by atoms with Crippen LogP contribution in [0.15, 0.2) is 18.5 Å². The number of piperidine rings is 1. The first-order valence-electron chi connectivity index (χ1n) is 8.40. The van der Waals surface area contributed by atoms with Crippen molar-refractivity contribution in [2.24, 2.45) is 0 Å². The average Bonchev–Trinajstić information content (AvgIpc) is 3.31. The van der Waals surface area contributed by atoms with Gasteiger partial charge in [-0.15, -0.1) is 10.2 Å². The van der Waals surface area contributed by atoms with Crippen LogP contribution in [0.5, 0.6) is 0 Å². The molecular formula is C16H20N6O2. The fourth-order valence-corrected chi connectivity index (χ4v) is 3.48. The highest BCUT2D eigenvalue weighted by molar-refractivity contribution is 5.47. The van der Waals surface area contributed by atoms with Gasteiger partial charge in [0.1, 0.15) is 23.7 Å². The Morgan fingerprint density at radius 3 is 2.83 bits per heavy atom. The molecule has 8 heteroatoms. The second kappa shape index (κ2) is 5.85. The normalized spacial score (nSPS) is 21.0. The first-order chi connectivity index (χ1) is 11.6. The average molecular weight is 328 g/mol. The van der Waals surface area contributed by atoms with Gasteiger partial charge in [-0.25, -0.2) is 4.98 Å². The number of rotatable bonds is 4. The number of nitrogens with zero attached hydrogens (tertiary/aromatic N) is 6. The molecule has 0 radical (unpaired) electrons. The van der Waals surface area contributed by atoms with Crippen molar-refractivity contribution in [3.8, 4) is 0 Å². The highest BCUT2D eigenvalue weighted by Crippen LogP contribution is 2.38. The number of pyridine rings is 1. The lowest BCUT2D eigenvalue weighted by atomic mass is 9.97. The number of anilines is 1. The van der Waals surface area contributed by atoms with Crippen molar-refractivity contribution < 1.29 is 4.92 Å². The zero-order valence-electron chi connectivity index (χ0n) is 13.6. The maximum atomic E-state index is 11.0. The number of nitro groups is 1. The Kier molecular flexibility index (Phi) is 3.66. The van der Waals surface area contributed by atoms with E-state index in [1.165, 1.54) is 12.8 Å². The Morgan fingerprint density at radius 2 is 2.12 bits per heavy atom. The van der Waals surface area contributed by atoms with Crippen LogP contribution in [-0.2, 0) is 0 Å². The molecule has 0 N–H and O–H groups in total. The van der Waals surface area contributed by atoms with Crippen LogP contribution in [-0.4, -0.2) is 37.8 Å². The van der Waals surface area contributed by atoms with Gasteiger partial charge in [0.15, 0.2) is 0 Å². The van der Waals surface area contributed by atoms with Gasteiger partial charge in [-0.2, -0.15) is 0 Å². The lowest BCUT2D eigenvalue weighted by Gasteiger charge is -2.33. The van der Waals surface area contributed by atoms with E-state index in [1.54, 1.807) is 19.1 Å². The molecule has 8 nitrogen and oxygen atoms in total. The second-order valence-electron chi connectivity index (χ2n) is 6.64. The fraction of sp³-hybridized carbons (Fsp3) is 0.562. The van der Waals surface area contributed by atoms with Crippen LogP contribution in [0.2, 0.25) is 0 Å². The van der Waals surface area contributed by atoms with E-state index in [0.29, 0.717) is 17.7 Å². The summed E-state index contributed by atoms with van der Waals surface area (Å²) in [6, 6.07) is 3.87. The summed E-state index contributed by atoms with van der Waals surface area (Å²) in [5.74, 6) is 2.21. The van der Waals surface area contributed by atoms with Crippen molar-refractivity contribution in [2.45, 2.75) is 44.6 Å². The minimum atomic E-state index is -0.386. The molecular weight excluding hydrogens is 308 g/mol. The molecule has 126 valence electrons. The van der Waals surface area contributed by atoms with Gasteiger partial charge in [0.2, 0.25) is 0 Å². The van der Waals surface area contributed by atoms with Crippen molar-refractivity contribution in [3.05, 3.63) is 40.1 Å². The molecule has 1 unspecified atom stereocenters. The Morgan fingerprint density at radius 1 is 1.29 bits per heavy atom. The van der Waals surface area contributed by atoms with Crippen molar-refractivity contribution in [1.29, 1.82) is 0 Å². The second-order valence-corrected chi connectivity index (χ2v) is 6.64. The van der Waals surface area contributed by atoms with Gasteiger partial charge in [0.05, 0.1) is 4.92 Å². The molecule has 0 bridgehead atoms. The predicted molar refractivity (Wildman–Crippen MR) is 88.1 cm³/mol. The maximum Gasteiger partial charge on any atom is 0.290 e. The van der Waals surface area contributed by atoms with E-state index in [9.17, 15) is 10.1 Å². The molecule has 2 aromatic heterocycles. The molecule has 1 saturated carbocycles. The Labute approximate surface area is 139 Å². The monoisotopic (exact) mass is 328 g/mol. The standard InChI is InChI=1S/C16H20N6O2/c1-11-14(22(23)24)6-7-15(18-11)20-8-2-3-12(9-20)16-19-17-10-21(16)13-4-5-13/h6-7,10,12-13H,2-5,8-9H2,1H3. The Hall–Kier alpha value is -2.51. The molecule has 1 aliphatic heterocycles. The van der Waals surface area contributed by atoms with Gasteiger partial charge in [0, 0.05) is 31.1 Å². The van der Waals surface area contributed by atoms with Crippen molar-refractivity contribution in [2.75, 3.05) is 18.0 Å². The maximum absolute atomic E-state index is 11.0. The number of aryl methyl sites for hydroxylation is 1. The van der Waals surface area contributed by atoms with Crippen LogP contribution in [0.25, 0.3) is 0 Å². The molecule has 0 spiro atoms. The summed E-state index contributed by atoms with van der Waals surface area (Å²) >= 11 is 0. The van der Waals surface area contributed by atoms with E-state index in [4.69, 9.17) is 0 Å². The van der Waals surface area contributed by atoms with Gasteiger partial charge in [-0.1, -0.05) is 0 Å². The van der Waals surface area contributed by atoms with Crippen LogP contribution >= 0.6 is 0 Å². The van der Waals surface area contributed by atoms with Gasteiger partial charge in [-0.3, -0.25) is 10.1 Å². The zero-order chi connectivity index (χ0) is 16.7. The SMILES string of the molecule is Cc1nc(N2CCCC(c3nncn3C3CC3)C2)ccc1[N+](=O)[O-]. The lowest BCUT2D eigenvalue weighted by molar-refractivity contribution is -0.385. The highest BCUT2D eigenvalue weighted by atomic mass is 16.6. The summed E-state index contributed by atoms with van der Waals surface area (Å²) < 4.78 is 2.22. The first kappa shape index (κ1) is 15.0. The van der Waals surface area contributed by atoms with E-state index in [-0.39, 0.29) is 10.6 Å². The summed E-state index contributed by atoms with van der Waals surface area (Å²) in [5, 5.41) is 19.4. The van der Waals surface area contributed by atoms with Crippen molar-refractivity contribution in [1.82, 2.24) is 19.7 Å². The molecule has 24 heavy (non-hydrogen) atoms. The van der Waals surface area contributed by atoms with Crippen molar-refractivity contribution >= 4 is 11.5 Å². The van der Waals surface area contributed by atoms with E-state index in [1.807, 2.05) is 6.33 Å². The first-order valence-corrected chi connectivity index (χ1v) is 8.40.